The van der Waals surface area contributed by atoms with Crippen molar-refractivity contribution in [2.24, 2.45) is 0 Å². The van der Waals surface area contributed by atoms with Crippen LogP contribution in [-0.4, -0.2) is 56.5 Å². The van der Waals surface area contributed by atoms with E-state index in [9.17, 15) is 22.4 Å². The highest BCUT2D eigenvalue weighted by Gasteiger charge is 2.35. The van der Waals surface area contributed by atoms with Gasteiger partial charge < -0.3 is 19.7 Å². The molecule has 230 valence electrons. The van der Waals surface area contributed by atoms with E-state index in [-0.39, 0.29) is 35.4 Å². The molecule has 0 saturated heterocycles. The van der Waals surface area contributed by atoms with Gasteiger partial charge in [0.15, 0.2) is 11.5 Å². The van der Waals surface area contributed by atoms with Gasteiger partial charge in [-0.1, -0.05) is 36.8 Å². The zero-order valence-electron chi connectivity index (χ0n) is 25.1. The van der Waals surface area contributed by atoms with Crippen molar-refractivity contribution in [3.8, 4) is 11.5 Å². The van der Waals surface area contributed by atoms with E-state index in [1.54, 1.807) is 6.92 Å². The van der Waals surface area contributed by atoms with Gasteiger partial charge in [-0.05, 0) is 76.1 Å². The molecular formula is C32H38FN3O6S. The van der Waals surface area contributed by atoms with Gasteiger partial charge in [0, 0.05) is 18.2 Å². The van der Waals surface area contributed by atoms with Crippen LogP contribution < -0.4 is 19.1 Å². The lowest BCUT2D eigenvalue weighted by atomic mass is 10.0. The van der Waals surface area contributed by atoms with Crippen LogP contribution in [0.5, 0.6) is 11.5 Å². The summed E-state index contributed by atoms with van der Waals surface area (Å²) < 4.78 is 54.2. The Balaban J connectivity index is 1.75. The van der Waals surface area contributed by atoms with Gasteiger partial charge in [-0.15, -0.1) is 0 Å². The molecule has 4 rings (SSSR count). The number of amides is 2. The van der Waals surface area contributed by atoms with Crippen LogP contribution in [0.2, 0.25) is 0 Å². The second-order valence-corrected chi connectivity index (χ2v) is 13.3. The van der Waals surface area contributed by atoms with Crippen LogP contribution in [-0.2, 0) is 26.2 Å². The van der Waals surface area contributed by atoms with E-state index in [0.29, 0.717) is 18.8 Å². The lowest BCUT2D eigenvalue weighted by molar-refractivity contribution is -0.141. The minimum Gasteiger partial charge on any atom is -0.486 e. The molecule has 9 nitrogen and oxygen atoms in total. The third-order valence-corrected chi connectivity index (χ3v) is 8.58. The highest BCUT2D eigenvalue weighted by molar-refractivity contribution is 7.92. The lowest BCUT2D eigenvalue weighted by Crippen LogP contribution is -2.55. The van der Waals surface area contributed by atoms with E-state index in [1.807, 2.05) is 52.0 Å². The van der Waals surface area contributed by atoms with Gasteiger partial charge >= 0.3 is 0 Å². The number of rotatable bonds is 10. The van der Waals surface area contributed by atoms with Crippen molar-refractivity contribution in [2.75, 3.05) is 24.1 Å². The zero-order chi connectivity index (χ0) is 31.4. The fourth-order valence-corrected chi connectivity index (χ4v) is 6.26. The van der Waals surface area contributed by atoms with Crippen molar-refractivity contribution in [1.82, 2.24) is 10.2 Å². The average molecular weight is 612 g/mol. The first-order chi connectivity index (χ1) is 20.3. The van der Waals surface area contributed by atoms with Crippen LogP contribution in [0.1, 0.15) is 45.2 Å². The smallest absolute Gasteiger partial charge is 0.264 e. The van der Waals surface area contributed by atoms with Crippen molar-refractivity contribution in [3.63, 3.8) is 0 Å². The van der Waals surface area contributed by atoms with Crippen molar-refractivity contribution < 1.29 is 31.9 Å². The Kier molecular flexibility index (Phi) is 9.64. The van der Waals surface area contributed by atoms with Gasteiger partial charge in [-0.3, -0.25) is 13.9 Å². The van der Waals surface area contributed by atoms with E-state index < -0.39 is 39.9 Å². The molecule has 1 N–H and O–H groups in total. The Hall–Kier alpha value is -4.12. The topological polar surface area (TPSA) is 105 Å². The van der Waals surface area contributed by atoms with Crippen molar-refractivity contribution in [3.05, 3.63) is 83.7 Å². The fourth-order valence-electron chi connectivity index (χ4n) is 4.83. The third kappa shape index (κ3) is 7.84. The number of fused-ring (bicyclic) bond motifs is 1. The number of benzene rings is 3. The van der Waals surface area contributed by atoms with Crippen LogP contribution in [0.4, 0.5) is 10.1 Å². The highest BCUT2D eigenvalue weighted by Crippen LogP contribution is 2.34. The van der Waals surface area contributed by atoms with Crippen LogP contribution in [0, 0.1) is 12.7 Å². The number of carbonyl (C=O) groups excluding carboxylic acids is 2. The SMILES string of the molecule is CC[C@H](C(=O)NC(C)(C)C)N(Cc1cccc(C)c1)C(=O)CN(c1ccc(F)cc1)S(=O)(=O)c1ccc2c(c1)OCCO2. The summed E-state index contributed by atoms with van der Waals surface area (Å²) in [4.78, 5) is 28.9. The molecule has 0 aromatic heterocycles. The van der Waals surface area contributed by atoms with E-state index in [2.05, 4.69) is 5.32 Å². The first-order valence-corrected chi connectivity index (χ1v) is 15.6. The molecule has 3 aromatic rings. The molecule has 1 atom stereocenters. The third-order valence-electron chi connectivity index (χ3n) is 6.81. The summed E-state index contributed by atoms with van der Waals surface area (Å²) in [5.74, 6) is -0.821. The Labute approximate surface area is 252 Å². The van der Waals surface area contributed by atoms with Gasteiger partial charge in [0.25, 0.3) is 10.0 Å². The van der Waals surface area contributed by atoms with Crippen molar-refractivity contribution in [1.29, 1.82) is 0 Å². The van der Waals surface area contributed by atoms with E-state index in [4.69, 9.17) is 9.47 Å². The van der Waals surface area contributed by atoms with Crippen LogP contribution in [0.25, 0.3) is 0 Å². The first kappa shape index (κ1) is 31.8. The number of ether oxygens (including phenoxy) is 2. The summed E-state index contributed by atoms with van der Waals surface area (Å²) in [6.45, 7) is 9.32. The maximum absolute atomic E-state index is 14.2. The van der Waals surface area contributed by atoms with E-state index in [1.165, 1.54) is 35.2 Å². The zero-order valence-corrected chi connectivity index (χ0v) is 25.9. The second-order valence-electron chi connectivity index (χ2n) is 11.5. The summed E-state index contributed by atoms with van der Waals surface area (Å²) in [7, 11) is -4.36. The molecule has 0 bridgehead atoms. The molecule has 0 aliphatic carbocycles. The number of halogens is 1. The summed E-state index contributed by atoms with van der Waals surface area (Å²) >= 11 is 0. The number of nitrogens with zero attached hydrogens (tertiary/aromatic N) is 2. The molecule has 0 spiro atoms. The number of sulfonamides is 1. The molecule has 3 aromatic carbocycles. The molecule has 11 heteroatoms. The number of hydrogen-bond acceptors (Lipinski definition) is 6. The molecule has 1 heterocycles. The molecule has 43 heavy (non-hydrogen) atoms. The van der Waals surface area contributed by atoms with Gasteiger partial charge in [-0.25, -0.2) is 12.8 Å². The summed E-state index contributed by atoms with van der Waals surface area (Å²) in [6.07, 6.45) is 0.297. The Morgan fingerprint density at radius 2 is 1.65 bits per heavy atom. The lowest BCUT2D eigenvalue weighted by Gasteiger charge is -2.35. The molecule has 0 unspecified atom stereocenters. The summed E-state index contributed by atoms with van der Waals surface area (Å²) in [5.41, 5.74) is 1.31. The molecule has 1 aliphatic heterocycles. The normalized spacial score (nSPS) is 13.6. The molecular weight excluding hydrogens is 573 g/mol. The average Bonchev–Trinajstić information content (AvgIpc) is 2.95. The molecule has 0 saturated carbocycles. The second kappa shape index (κ2) is 13.0. The molecule has 2 amide bonds. The number of anilines is 1. The predicted molar refractivity (Wildman–Crippen MR) is 162 cm³/mol. The summed E-state index contributed by atoms with van der Waals surface area (Å²) in [6, 6.07) is 15.8. The van der Waals surface area contributed by atoms with E-state index in [0.717, 1.165) is 27.6 Å². The van der Waals surface area contributed by atoms with Crippen LogP contribution in [0.3, 0.4) is 0 Å². The van der Waals surface area contributed by atoms with E-state index >= 15 is 0 Å². The Morgan fingerprint density at radius 1 is 0.977 bits per heavy atom. The monoisotopic (exact) mass is 611 g/mol. The standard InChI is InChI=1S/C32H38FN3O6S/c1-6-27(31(38)34-32(3,4)5)35(20-23-9-7-8-22(2)18-23)30(37)21-36(25-12-10-24(33)11-13-25)43(39,40)26-14-15-28-29(19-26)42-17-16-41-28/h7-15,18-19,27H,6,16-17,20-21H2,1-5H3,(H,34,38)/t27-/m1/s1. The minimum atomic E-state index is -4.36. The Morgan fingerprint density at radius 3 is 2.28 bits per heavy atom. The highest BCUT2D eigenvalue weighted by atomic mass is 32.2. The molecule has 1 aliphatic rings. The van der Waals surface area contributed by atoms with Crippen LogP contribution >= 0.6 is 0 Å². The first-order valence-electron chi connectivity index (χ1n) is 14.1. The number of nitrogens with one attached hydrogen (secondary N) is 1. The maximum atomic E-state index is 14.2. The van der Waals surface area contributed by atoms with Crippen LogP contribution in [0.15, 0.2) is 71.6 Å². The number of aryl methyl sites for hydroxylation is 1. The largest absolute Gasteiger partial charge is 0.486 e. The van der Waals surface area contributed by atoms with Crippen molar-refractivity contribution >= 4 is 27.5 Å². The number of carbonyl (C=O) groups is 2. The maximum Gasteiger partial charge on any atom is 0.264 e. The van der Waals surface area contributed by atoms with Gasteiger partial charge in [0.1, 0.15) is 31.6 Å². The van der Waals surface area contributed by atoms with Gasteiger partial charge in [0.2, 0.25) is 11.8 Å². The van der Waals surface area contributed by atoms with Gasteiger partial charge in [0.05, 0.1) is 10.6 Å². The number of hydrogen-bond donors (Lipinski definition) is 1. The predicted octanol–water partition coefficient (Wildman–Crippen LogP) is 4.82. The molecule has 0 radical (unpaired) electrons. The quantitative estimate of drug-likeness (QED) is 0.353. The van der Waals surface area contributed by atoms with Crippen molar-refractivity contribution in [2.45, 2.75) is 64.1 Å². The fraction of sp³-hybridized carbons (Fsp3) is 0.375. The molecule has 0 fully saturated rings. The van der Waals surface area contributed by atoms with Gasteiger partial charge in [-0.2, -0.15) is 0 Å². The minimum absolute atomic E-state index is 0.0813. The Bertz CT molecular complexity index is 1570. The summed E-state index contributed by atoms with van der Waals surface area (Å²) in [5, 5.41) is 2.95.